The van der Waals surface area contributed by atoms with Gasteiger partial charge in [-0.05, 0) is 24.6 Å². The summed E-state index contributed by atoms with van der Waals surface area (Å²) in [5.41, 5.74) is 4.83. The zero-order valence-electron chi connectivity index (χ0n) is 16.3. The number of imidazole rings is 1. The van der Waals surface area contributed by atoms with Crippen LogP contribution in [-0.2, 0) is 17.5 Å². The van der Waals surface area contributed by atoms with Crippen molar-refractivity contribution in [3.63, 3.8) is 0 Å². The van der Waals surface area contributed by atoms with E-state index in [0.29, 0.717) is 4.90 Å². The first-order valence-electron chi connectivity index (χ1n) is 9.29. The van der Waals surface area contributed by atoms with Crippen molar-refractivity contribution in [3.05, 3.63) is 23.8 Å². The molecular weight excluding hydrogens is 435 g/mol. The van der Waals surface area contributed by atoms with Crippen LogP contribution in [0, 0.1) is 0 Å². The standard InChI is InChI=1S/C18H20F7N5O/c1-28(9-17(20,21)22)15(31)8-30-14-3-2-10(18(23,24)25)6-13(14)27-16(30)29-5-4-11(19)12(26)7-29/h2-3,6,11-12H,4-5,7-9,26H2,1H3/t11-,12-/m1/s1. The maximum absolute atomic E-state index is 13.8. The molecule has 0 radical (unpaired) electrons. The van der Waals surface area contributed by atoms with Gasteiger partial charge in [-0.25, -0.2) is 9.37 Å². The lowest BCUT2D eigenvalue weighted by molar-refractivity contribution is -0.158. The fraction of sp³-hybridized carbons (Fsp3) is 0.556. The van der Waals surface area contributed by atoms with Crippen LogP contribution >= 0.6 is 0 Å². The number of carbonyl (C=O) groups excluding carboxylic acids is 1. The monoisotopic (exact) mass is 455 g/mol. The number of aromatic nitrogens is 2. The van der Waals surface area contributed by atoms with E-state index in [1.165, 1.54) is 9.47 Å². The number of anilines is 1. The number of alkyl halides is 7. The van der Waals surface area contributed by atoms with E-state index in [4.69, 9.17) is 5.73 Å². The first kappa shape index (κ1) is 23.1. The number of fused-ring (bicyclic) bond motifs is 1. The molecule has 172 valence electrons. The van der Waals surface area contributed by atoms with Crippen LogP contribution in [-0.4, -0.2) is 65.4 Å². The Bertz CT molecular complexity index is 955. The molecule has 2 aromatic rings. The summed E-state index contributed by atoms with van der Waals surface area (Å²) >= 11 is 0. The van der Waals surface area contributed by atoms with Crippen LogP contribution in [0.4, 0.5) is 36.7 Å². The third kappa shape index (κ3) is 5.20. The molecule has 0 bridgehead atoms. The Kier molecular flexibility index (Phi) is 6.09. The zero-order chi connectivity index (χ0) is 23.1. The number of hydrogen-bond donors (Lipinski definition) is 1. The number of piperidine rings is 1. The van der Waals surface area contributed by atoms with E-state index in [1.807, 2.05) is 0 Å². The van der Waals surface area contributed by atoms with Gasteiger partial charge in [-0.1, -0.05) is 0 Å². The molecule has 1 aromatic heterocycles. The Labute approximate surface area is 172 Å². The summed E-state index contributed by atoms with van der Waals surface area (Å²) < 4.78 is 92.1. The highest BCUT2D eigenvalue weighted by Gasteiger charge is 2.34. The quantitative estimate of drug-likeness (QED) is 0.721. The van der Waals surface area contributed by atoms with Gasteiger partial charge >= 0.3 is 12.4 Å². The van der Waals surface area contributed by atoms with E-state index in [-0.39, 0.29) is 36.5 Å². The molecular formula is C18H20F7N5O. The summed E-state index contributed by atoms with van der Waals surface area (Å²) in [6.45, 7) is -1.95. The van der Waals surface area contributed by atoms with Crippen LogP contribution in [0.3, 0.4) is 0 Å². The molecule has 1 fully saturated rings. The maximum atomic E-state index is 13.8. The Morgan fingerprint density at radius 3 is 2.52 bits per heavy atom. The highest BCUT2D eigenvalue weighted by Crippen LogP contribution is 2.33. The van der Waals surface area contributed by atoms with Crippen LogP contribution in [0.5, 0.6) is 0 Å². The predicted octanol–water partition coefficient (Wildman–Crippen LogP) is 2.95. The van der Waals surface area contributed by atoms with Gasteiger partial charge in [0.05, 0.1) is 22.6 Å². The second-order valence-electron chi connectivity index (χ2n) is 7.48. The number of rotatable bonds is 4. The molecule has 3 rings (SSSR count). The van der Waals surface area contributed by atoms with E-state index < -0.39 is 49.1 Å². The second-order valence-corrected chi connectivity index (χ2v) is 7.48. The topological polar surface area (TPSA) is 67.4 Å². The molecule has 6 nitrogen and oxygen atoms in total. The van der Waals surface area contributed by atoms with Gasteiger partial charge in [0.2, 0.25) is 11.9 Å². The maximum Gasteiger partial charge on any atom is 0.416 e. The van der Waals surface area contributed by atoms with Gasteiger partial charge in [0.15, 0.2) is 0 Å². The Morgan fingerprint density at radius 1 is 1.26 bits per heavy atom. The molecule has 0 aliphatic carbocycles. The van der Waals surface area contributed by atoms with Gasteiger partial charge in [-0.15, -0.1) is 0 Å². The zero-order valence-corrected chi connectivity index (χ0v) is 16.3. The number of nitrogens with two attached hydrogens (primary N) is 1. The Morgan fingerprint density at radius 2 is 1.94 bits per heavy atom. The molecule has 13 heteroatoms. The van der Waals surface area contributed by atoms with Gasteiger partial charge in [-0.2, -0.15) is 26.3 Å². The fourth-order valence-electron chi connectivity index (χ4n) is 3.44. The molecule has 0 spiro atoms. The number of benzene rings is 1. The average Bonchev–Trinajstić information content (AvgIpc) is 2.99. The number of halogens is 7. The van der Waals surface area contributed by atoms with Gasteiger partial charge in [0.1, 0.15) is 19.3 Å². The van der Waals surface area contributed by atoms with Crippen molar-refractivity contribution in [2.45, 2.75) is 37.5 Å². The van der Waals surface area contributed by atoms with E-state index >= 15 is 0 Å². The van der Waals surface area contributed by atoms with Crippen LogP contribution in [0.1, 0.15) is 12.0 Å². The number of amides is 1. The molecule has 2 heterocycles. The third-order valence-electron chi connectivity index (χ3n) is 5.04. The lowest BCUT2D eigenvalue weighted by Crippen LogP contribution is -2.50. The normalized spacial score (nSPS) is 20.4. The third-order valence-corrected chi connectivity index (χ3v) is 5.04. The molecule has 1 amide bonds. The molecule has 1 saturated heterocycles. The van der Waals surface area contributed by atoms with Crippen LogP contribution < -0.4 is 10.6 Å². The van der Waals surface area contributed by atoms with E-state index in [0.717, 1.165) is 25.2 Å². The largest absolute Gasteiger partial charge is 0.416 e. The Balaban J connectivity index is 2.01. The van der Waals surface area contributed by atoms with E-state index in [1.54, 1.807) is 0 Å². The molecule has 2 atom stereocenters. The van der Waals surface area contributed by atoms with Crippen molar-refractivity contribution in [3.8, 4) is 0 Å². The average molecular weight is 455 g/mol. The molecule has 0 saturated carbocycles. The summed E-state index contributed by atoms with van der Waals surface area (Å²) in [6, 6.07) is 1.82. The van der Waals surface area contributed by atoms with Crippen LogP contribution in [0.25, 0.3) is 11.0 Å². The molecule has 1 aliphatic rings. The Hall–Kier alpha value is -2.57. The minimum Gasteiger partial charge on any atom is -0.340 e. The summed E-state index contributed by atoms with van der Waals surface area (Å²) in [7, 11) is 0.973. The summed E-state index contributed by atoms with van der Waals surface area (Å²) in [5, 5.41) is 0. The SMILES string of the molecule is CN(CC(F)(F)F)C(=O)Cn1c(N2CC[C@@H](F)[C@H](N)C2)nc2cc(C(F)(F)F)ccc21. The van der Waals surface area contributed by atoms with Crippen LogP contribution in [0.2, 0.25) is 0 Å². The second kappa shape index (κ2) is 8.17. The van der Waals surface area contributed by atoms with Gasteiger partial charge < -0.3 is 20.1 Å². The van der Waals surface area contributed by atoms with Crippen molar-refractivity contribution < 1.29 is 35.5 Å². The first-order valence-corrected chi connectivity index (χ1v) is 9.29. The lowest BCUT2D eigenvalue weighted by atomic mass is 10.1. The summed E-state index contributed by atoms with van der Waals surface area (Å²) in [4.78, 5) is 18.6. The predicted molar refractivity (Wildman–Crippen MR) is 98.1 cm³/mol. The minimum atomic E-state index is -4.63. The van der Waals surface area contributed by atoms with Crippen molar-refractivity contribution in [2.75, 3.05) is 31.6 Å². The number of carbonyl (C=O) groups is 1. The van der Waals surface area contributed by atoms with Gasteiger partial charge in [-0.3, -0.25) is 4.79 Å². The number of likely N-dealkylation sites (N-methyl/N-ethyl adjacent to an activating group) is 1. The highest BCUT2D eigenvalue weighted by atomic mass is 19.4. The van der Waals surface area contributed by atoms with Crippen molar-refractivity contribution in [1.29, 1.82) is 0 Å². The van der Waals surface area contributed by atoms with Gasteiger partial charge in [0.25, 0.3) is 0 Å². The first-order chi connectivity index (χ1) is 14.3. The smallest absolute Gasteiger partial charge is 0.340 e. The number of nitrogens with zero attached hydrogens (tertiary/aromatic N) is 4. The lowest BCUT2D eigenvalue weighted by Gasteiger charge is -2.34. The van der Waals surface area contributed by atoms with E-state index in [2.05, 4.69) is 4.98 Å². The number of hydrogen-bond acceptors (Lipinski definition) is 4. The van der Waals surface area contributed by atoms with E-state index in [9.17, 15) is 35.5 Å². The highest BCUT2D eigenvalue weighted by molar-refractivity contribution is 5.84. The van der Waals surface area contributed by atoms with Crippen molar-refractivity contribution in [2.24, 2.45) is 5.73 Å². The minimum absolute atomic E-state index is 0.0107. The van der Waals surface area contributed by atoms with Crippen molar-refractivity contribution >= 4 is 22.9 Å². The molecule has 1 aliphatic heterocycles. The molecule has 1 aromatic carbocycles. The summed E-state index contributed by atoms with van der Waals surface area (Å²) in [6.07, 6.45) is -10.5. The fourth-order valence-corrected chi connectivity index (χ4v) is 3.44. The van der Waals surface area contributed by atoms with Crippen molar-refractivity contribution in [1.82, 2.24) is 14.5 Å². The van der Waals surface area contributed by atoms with Crippen LogP contribution in [0.15, 0.2) is 18.2 Å². The summed E-state index contributed by atoms with van der Waals surface area (Å²) in [5.74, 6) is -0.868. The molecule has 31 heavy (non-hydrogen) atoms. The van der Waals surface area contributed by atoms with Gasteiger partial charge in [0, 0.05) is 20.1 Å². The molecule has 0 unspecified atom stereocenters. The molecule has 2 N–H and O–H groups in total.